The lowest BCUT2D eigenvalue weighted by atomic mass is 9.97. The third kappa shape index (κ3) is 5.16. The minimum atomic E-state index is -0.454. The number of hydrogen-bond acceptors (Lipinski definition) is 7. The highest BCUT2D eigenvalue weighted by molar-refractivity contribution is 5.99. The number of nitrogen functional groups attached to an aromatic ring is 1. The average molecular weight is 467 g/mol. The molecule has 9 nitrogen and oxygen atoms in total. The van der Waals surface area contributed by atoms with E-state index in [2.05, 4.69) is 62.2 Å². The van der Waals surface area contributed by atoms with Crippen molar-refractivity contribution >= 4 is 16.9 Å². The van der Waals surface area contributed by atoms with E-state index in [1.54, 1.807) is 6.20 Å². The van der Waals surface area contributed by atoms with Gasteiger partial charge in [0.15, 0.2) is 0 Å². The number of nitrogens with one attached hydrogen (secondary N) is 3. The Morgan fingerprint density at radius 3 is 2.88 bits per heavy atom. The van der Waals surface area contributed by atoms with Gasteiger partial charge in [0.1, 0.15) is 17.8 Å². The Kier molecular flexibility index (Phi) is 7.97. The number of rotatable bonds is 11. The van der Waals surface area contributed by atoms with E-state index < -0.39 is 6.10 Å². The van der Waals surface area contributed by atoms with E-state index in [1.807, 2.05) is 12.3 Å². The van der Waals surface area contributed by atoms with Gasteiger partial charge in [-0.2, -0.15) is 5.10 Å². The molecule has 0 amide bonds. The number of aromatic nitrogens is 5. The highest BCUT2D eigenvalue weighted by Gasteiger charge is 2.41. The number of aromatic amines is 1. The van der Waals surface area contributed by atoms with Crippen molar-refractivity contribution in [3.63, 3.8) is 0 Å². The molecule has 184 valence electrons. The normalized spacial score (nSPS) is 23.2. The van der Waals surface area contributed by atoms with Crippen molar-refractivity contribution in [2.75, 3.05) is 31.9 Å². The molecule has 0 unspecified atom stereocenters. The molecule has 0 radical (unpaired) electrons. The van der Waals surface area contributed by atoms with Crippen molar-refractivity contribution in [1.29, 1.82) is 0 Å². The van der Waals surface area contributed by atoms with Gasteiger partial charge >= 0.3 is 0 Å². The lowest BCUT2D eigenvalue weighted by Gasteiger charge is -2.20. The summed E-state index contributed by atoms with van der Waals surface area (Å²) in [5.41, 5.74) is 10.2. The summed E-state index contributed by atoms with van der Waals surface area (Å²) in [7, 11) is 0. The van der Waals surface area contributed by atoms with Gasteiger partial charge in [-0.3, -0.25) is 5.10 Å². The largest absolute Gasteiger partial charge is 0.391 e. The number of anilines is 1. The summed E-state index contributed by atoms with van der Waals surface area (Å²) in [6, 6.07) is 1.84. The summed E-state index contributed by atoms with van der Waals surface area (Å²) < 4.78 is 2.08. The van der Waals surface area contributed by atoms with Gasteiger partial charge in [0.25, 0.3) is 0 Å². The molecule has 6 N–H and O–H groups in total. The molecule has 0 spiro atoms. The van der Waals surface area contributed by atoms with Crippen LogP contribution in [0, 0.1) is 11.8 Å². The molecule has 4 atom stereocenters. The van der Waals surface area contributed by atoms with Gasteiger partial charge in [0.2, 0.25) is 0 Å². The molecule has 3 aromatic rings. The van der Waals surface area contributed by atoms with Crippen molar-refractivity contribution in [1.82, 2.24) is 35.4 Å². The molecule has 1 saturated carbocycles. The lowest BCUT2D eigenvalue weighted by molar-refractivity contribution is 0.0956. The summed E-state index contributed by atoms with van der Waals surface area (Å²) >= 11 is 0. The molecule has 0 saturated heterocycles. The van der Waals surface area contributed by atoms with Crippen molar-refractivity contribution in [3.8, 4) is 11.3 Å². The van der Waals surface area contributed by atoms with Gasteiger partial charge in [-0.15, -0.1) is 0 Å². The average Bonchev–Trinajstić information content (AvgIpc) is 3.56. The Bertz CT molecular complexity index is 1090. The van der Waals surface area contributed by atoms with Crippen LogP contribution in [0.1, 0.15) is 46.1 Å². The lowest BCUT2D eigenvalue weighted by Crippen LogP contribution is -2.29. The molecule has 1 aliphatic carbocycles. The number of aliphatic hydroxyl groups excluding tert-OH is 1. The standard InChI is InChI=1S/C25H38N8O/c1-4-16(2)6-10-27-8-5-9-28-13-18-12-21(23(34)17(18)3)33-14-19(20-7-11-31-32-20)22-24(26)29-15-30-25(22)33/h4,7,11,14-15,17-18,21,23,27-28,34H,5-6,8-10,12-13H2,1-3H3,(H,31,32)(H2,26,29,30)/b16-4+/t17-,18-,21-,23-/m1/s1. The van der Waals surface area contributed by atoms with Crippen LogP contribution in [0.2, 0.25) is 0 Å². The number of nitrogens with two attached hydrogens (primary N) is 1. The molecule has 4 rings (SSSR count). The quantitative estimate of drug-likeness (QED) is 0.217. The predicted molar refractivity (Wildman–Crippen MR) is 136 cm³/mol. The van der Waals surface area contributed by atoms with E-state index in [4.69, 9.17) is 5.73 Å². The number of fused-ring (bicyclic) bond motifs is 1. The Labute approximate surface area is 201 Å². The second-order valence-corrected chi connectivity index (χ2v) is 9.48. The summed E-state index contributed by atoms with van der Waals surface area (Å²) in [6.45, 7) is 10.3. The smallest absolute Gasteiger partial charge is 0.146 e. The van der Waals surface area contributed by atoms with E-state index in [0.717, 1.165) is 67.7 Å². The maximum Gasteiger partial charge on any atom is 0.146 e. The molecule has 0 bridgehead atoms. The van der Waals surface area contributed by atoms with Crippen LogP contribution in [-0.4, -0.2) is 62.1 Å². The molecule has 0 aromatic carbocycles. The zero-order valence-electron chi connectivity index (χ0n) is 20.5. The van der Waals surface area contributed by atoms with Gasteiger partial charge < -0.3 is 26.0 Å². The summed E-state index contributed by atoms with van der Waals surface area (Å²) in [5.74, 6) is 1.01. The highest BCUT2D eigenvalue weighted by Crippen LogP contribution is 2.43. The first-order valence-electron chi connectivity index (χ1n) is 12.3. The second-order valence-electron chi connectivity index (χ2n) is 9.48. The van der Waals surface area contributed by atoms with Crippen molar-refractivity contribution in [3.05, 3.63) is 36.4 Å². The summed E-state index contributed by atoms with van der Waals surface area (Å²) in [5, 5.41) is 26.2. The molecular weight excluding hydrogens is 428 g/mol. The fourth-order valence-corrected chi connectivity index (χ4v) is 4.99. The van der Waals surface area contributed by atoms with Crippen molar-refractivity contribution in [2.45, 2.75) is 52.2 Å². The highest BCUT2D eigenvalue weighted by atomic mass is 16.3. The monoisotopic (exact) mass is 466 g/mol. The van der Waals surface area contributed by atoms with Gasteiger partial charge in [-0.1, -0.05) is 18.6 Å². The molecule has 0 aliphatic heterocycles. The molecule has 9 heteroatoms. The van der Waals surface area contributed by atoms with Crippen LogP contribution in [0.5, 0.6) is 0 Å². The van der Waals surface area contributed by atoms with Gasteiger partial charge in [-0.05, 0) is 77.2 Å². The first-order valence-corrected chi connectivity index (χ1v) is 12.3. The van der Waals surface area contributed by atoms with E-state index in [-0.39, 0.29) is 12.0 Å². The topological polar surface area (TPSA) is 130 Å². The maximum absolute atomic E-state index is 11.2. The third-order valence-corrected chi connectivity index (χ3v) is 7.31. The van der Waals surface area contributed by atoms with E-state index in [0.29, 0.717) is 11.7 Å². The SMILES string of the molecule is C/C=C(\C)CCNCCCNC[C@H]1C[C@@H](n2cc(-c3ccn[nH]3)c3c(N)ncnc32)[C@H](O)[C@@H]1C. The number of H-pyrrole nitrogens is 1. The second kappa shape index (κ2) is 11.1. The molecule has 1 fully saturated rings. The maximum atomic E-state index is 11.2. The van der Waals surface area contributed by atoms with Gasteiger partial charge in [0, 0.05) is 18.0 Å². The first-order chi connectivity index (χ1) is 16.5. The molecule has 1 aliphatic rings. The van der Waals surface area contributed by atoms with Crippen LogP contribution >= 0.6 is 0 Å². The zero-order valence-corrected chi connectivity index (χ0v) is 20.5. The molecular formula is C25H38N8O. The number of aliphatic hydroxyl groups is 1. The molecule has 3 aromatic heterocycles. The Hall–Kier alpha value is -2.75. The predicted octanol–water partition coefficient (Wildman–Crippen LogP) is 2.89. The minimum absolute atomic E-state index is 0.0631. The Balaban J connectivity index is 1.37. The summed E-state index contributed by atoms with van der Waals surface area (Å²) in [4.78, 5) is 8.72. The number of allylic oxidation sites excluding steroid dienone is 1. The van der Waals surface area contributed by atoms with Crippen LogP contribution in [0.25, 0.3) is 22.3 Å². The van der Waals surface area contributed by atoms with Gasteiger partial charge in [-0.25, -0.2) is 9.97 Å². The first kappa shape index (κ1) is 24.4. The fourth-order valence-electron chi connectivity index (χ4n) is 4.99. The Morgan fingerprint density at radius 1 is 1.29 bits per heavy atom. The van der Waals surface area contributed by atoms with E-state index >= 15 is 0 Å². The van der Waals surface area contributed by atoms with E-state index in [9.17, 15) is 5.11 Å². The van der Waals surface area contributed by atoms with E-state index in [1.165, 1.54) is 11.9 Å². The summed E-state index contributed by atoms with van der Waals surface area (Å²) in [6.07, 6.45) is 10.0. The molecule has 3 heterocycles. The minimum Gasteiger partial charge on any atom is -0.391 e. The fraction of sp³-hybridized carbons (Fsp3) is 0.560. The van der Waals surface area contributed by atoms with Crippen LogP contribution in [0.3, 0.4) is 0 Å². The number of nitrogens with zero attached hydrogens (tertiary/aromatic N) is 4. The van der Waals surface area contributed by atoms with Crippen LogP contribution < -0.4 is 16.4 Å². The van der Waals surface area contributed by atoms with Gasteiger partial charge in [0.05, 0.1) is 23.2 Å². The van der Waals surface area contributed by atoms with Crippen LogP contribution in [0.4, 0.5) is 5.82 Å². The van der Waals surface area contributed by atoms with Crippen molar-refractivity contribution in [2.24, 2.45) is 11.8 Å². The van der Waals surface area contributed by atoms with Crippen LogP contribution in [-0.2, 0) is 0 Å². The third-order valence-electron chi connectivity index (χ3n) is 7.31. The Morgan fingerprint density at radius 2 is 2.12 bits per heavy atom. The van der Waals surface area contributed by atoms with Crippen molar-refractivity contribution < 1.29 is 5.11 Å². The number of hydrogen-bond donors (Lipinski definition) is 5. The van der Waals surface area contributed by atoms with Crippen LogP contribution in [0.15, 0.2) is 36.4 Å². The molecule has 34 heavy (non-hydrogen) atoms. The zero-order chi connectivity index (χ0) is 24.1.